The van der Waals surface area contributed by atoms with Gasteiger partial charge in [0.05, 0.1) is 5.56 Å². The molecule has 0 atom stereocenters. The van der Waals surface area contributed by atoms with Gasteiger partial charge in [0.2, 0.25) is 0 Å². The smallest absolute Gasteiger partial charge is 0.333 e. The number of ether oxygens (including phenoxy) is 2. The predicted octanol–water partition coefficient (Wildman–Crippen LogP) is 2.70. The number of hydrogen-bond acceptors (Lipinski definition) is 5. The first-order chi connectivity index (χ1) is 9.97. The van der Waals surface area contributed by atoms with Gasteiger partial charge in [0.15, 0.2) is 0 Å². The van der Waals surface area contributed by atoms with E-state index in [9.17, 15) is 14.5 Å². The van der Waals surface area contributed by atoms with Crippen LogP contribution in [0, 0.1) is 4.91 Å². The highest BCUT2D eigenvalue weighted by Crippen LogP contribution is 2.19. The van der Waals surface area contributed by atoms with E-state index in [0.29, 0.717) is 11.1 Å². The minimum atomic E-state index is -0.899. The fourth-order valence-electron chi connectivity index (χ4n) is 1.46. The topological polar surface area (TPSA) is 82.0 Å². The van der Waals surface area contributed by atoms with Gasteiger partial charge in [0.1, 0.15) is 19.0 Å². The van der Waals surface area contributed by atoms with Crippen LogP contribution in [0.15, 0.2) is 48.2 Å². The molecular weight excluding hydrogens is 274 g/mol. The van der Waals surface area contributed by atoms with E-state index >= 15 is 0 Å². The molecule has 0 heterocycles. The summed E-state index contributed by atoms with van der Waals surface area (Å²) in [5.74, 6) is -1.22. The Morgan fingerprint density at radius 1 is 1.10 bits per heavy atom. The molecule has 0 bridgehead atoms. The maximum absolute atomic E-state index is 11.4. The third-order valence-corrected chi connectivity index (χ3v) is 2.48. The van der Waals surface area contributed by atoms with Crippen molar-refractivity contribution in [2.45, 2.75) is 6.92 Å². The quantitative estimate of drug-likeness (QED) is 0.253. The van der Waals surface area contributed by atoms with Crippen LogP contribution in [0.2, 0.25) is 0 Å². The third kappa shape index (κ3) is 4.68. The first kappa shape index (κ1) is 16.3. The van der Waals surface area contributed by atoms with Gasteiger partial charge >= 0.3 is 11.9 Å². The summed E-state index contributed by atoms with van der Waals surface area (Å²) < 4.78 is 10.1. The zero-order chi connectivity index (χ0) is 15.8. The van der Waals surface area contributed by atoms with E-state index in [1.807, 2.05) is 0 Å². The van der Waals surface area contributed by atoms with Crippen molar-refractivity contribution in [3.05, 3.63) is 59.0 Å². The highest BCUT2D eigenvalue weighted by molar-refractivity contribution is 5.99. The molecule has 0 aliphatic carbocycles. The molecule has 0 aromatic heterocycles. The summed E-state index contributed by atoms with van der Waals surface area (Å²) >= 11 is 0. The molecule has 0 N–H and O–H groups in total. The molecule has 1 aromatic carbocycles. The lowest BCUT2D eigenvalue weighted by Gasteiger charge is -2.11. The number of nitrogens with zero attached hydrogens (tertiary/aromatic N) is 1. The summed E-state index contributed by atoms with van der Waals surface area (Å²) in [5, 5.41) is 2.38. The van der Waals surface area contributed by atoms with Gasteiger partial charge in [-0.3, -0.25) is 4.79 Å². The highest BCUT2D eigenvalue weighted by Gasteiger charge is 2.14. The van der Waals surface area contributed by atoms with Gasteiger partial charge in [0, 0.05) is 16.3 Å². The molecule has 110 valence electrons. The van der Waals surface area contributed by atoms with Crippen LogP contribution < -0.4 is 0 Å². The number of carbonyl (C=O) groups is 2. The fraction of sp³-hybridized carbons (Fsp3) is 0.200. The van der Waals surface area contributed by atoms with Gasteiger partial charge in [-0.1, -0.05) is 31.4 Å². The van der Waals surface area contributed by atoms with Crippen LogP contribution in [-0.2, 0) is 14.3 Å². The van der Waals surface area contributed by atoms with E-state index in [1.54, 1.807) is 18.2 Å². The first-order valence-electron chi connectivity index (χ1n) is 6.08. The van der Waals surface area contributed by atoms with Crippen LogP contribution in [0.1, 0.15) is 22.8 Å². The zero-order valence-corrected chi connectivity index (χ0v) is 11.6. The van der Waals surface area contributed by atoms with E-state index in [1.165, 1.54) is 13.0 Å². The van der Waals surface area contributed by atoms with Crippen molar-refractivity contribution in [3.8, 4) is 0 Å². The summed E-state index contributed by atoms with van der Waals surface area (Å²) in [6.45, 7) is 8.75. The lowest BCUT2D eigenvalue weighted by Crippen LogP contribution is -2.11. The molecule has 1 amide bonds. The SMILES string of the molecule is C=C(C)C(=O)OCCOC(=C)c1ccccc1C(=O)N=O. The van der Waals surface area contributed by atoms with Crippen molar-refractivity contribution < 1.29 is 19.1 Å². The van der Waals surface area contributed by atoms with Gasteiger partial charge in [-0.2, -0.15) is 0 Å². The molecule has 1 aromatic rings. The van der Waals surface area contributed by atoms with Crippen molar-refractivity contribution in [2.24, 2.45) is 5.18 Å². The molecule has 0 unspecified atom stereocenters. The molecule has 0 spiro atoms. The standard InChI is InChI=1S/C15H15NO5/c1-10(2)15(18)21-9-8-20-11(3)12-6-4-5-7-13(12)14(17)16-19/h4-7H,1,3,8-9H2,2H3. The van der Waals surface area contributed by atoms with Crippen molar-refractivity contribution in [3.63, 3.8) is 0 Å². The predicted molar refractivity (Wildman–Crippen MR) is 77.3 cm³/mol. The Hall–Kier alpha value is -2.76. The molecule has 0 aliphatic heterocycles. The van der Waals surface area contributed by atoms with Crippen LogP contribution in [-0.4, -0.2) is 25.1 Å². The second-order valence-electron chi connectivity index (χ2n) is 4.13. The number of rotatable bonds is 7. The molecule has 0 aliphatic rings. The molecule has 0 saturated carbocycles. The fourth-order valence-corrected chi connectivity index (χ4v) is 1.46. The maximum atomic E-state index is 11.4. The number of nitroso groups, excluding NO2 is 1. The van der Waals surface area contributed by atoms with Gasteiger partial charge < -0.3 is 9.47 Å². The summed E-state index contributed by atoms with van der Waals surface area (Å²) in [7, 11) is 0. The van der Waals surface area contributed by atoms with Crippen LogP contribution in [0.3, 0.4) is 0 Å². The molecule has 21 heavy (non-hydrogen) atoms. The van der Waals surface area contributed by atoms with Crippen LogP contribution >= 0.6 is 0 Å². The number of benzene rings is 1. The summed E-state index contributed by atoms with van der Waals surface area (Å²) in [6.07, 6.45) is 0. The van der Waals surface area contributed by atoms with Crippen molar-refractivity contribution in [2.75, 3.05) is 13.2 Å². The monoisotopic (exact) mass is 289 g/mol. The Bertz CT molecular complexity index is 591. The minimum absolute atomic E-state index is 0.0206. The minimum Gasteiger partial charge on any atom is -0.490 e. The highest BCUT2D eigenvalue weighted by atomic mass is 16.6. The number of esters is 1. The molecule has 1 rings (SSSR count). The number of amides is 1. The Morgan fingerprint density at radius 3 is 2.24 bits per heavy atom. The van der Waals surface area contributed by atoms with Gasteiger partial charge in [-0.05, 0) is 13.0 Å². The average Bonchev–Trinajstić information content (AvgIpc) is 2.50. The normalized spacial score (nSPS) is 9.57. The largest absolute Gasteiger partial charge is 0.490 e. The van der Waals surface area contributed by atoms with E-state index in [0.717, 1.165) is 0 Å². The van der Waals surface area contributed by atoms with E-state index in [-0.39, 0.29) is 24.5 Å². The lowest BCUT2D eigenvalue weighted by atomic mass is 10.1. The van der Waals surface area contributed by atoms with Crippen LogP contribution in [0.25, 0.3) is 5.76 Å². The number of hydrogen-bond donors (Lipinski definition) is 0. The molecule has 0 fully saturated rings. The zero-order valence-electron chi connectivity index (χ0n) is 11.6. The van der Waals surface area contributed by atoms with Crippen LogP contribution in [0.4, 0.5) is 0 Å². The summed E-state index contributed by atoms with van der Waals surface area (Å²) in [4.78, 5) is 32.9. The lowest BCUT2D eigenvalue weighted by molar-refractivity contribution is -0.139. The van der Waals surface area contributed by atoms with Crippen LogP contribution in [0.5, 0.6) is 0 Å². The second kappa shape index (κ2) is 7.74. The second-order valence-corrected chi connectivity index (χ2v) is 4.13. The van der Waals surface area contributed by atoms with Gasteiger partial charge in [-0.25, -0.2) is 4.79 Å². The van der Waals surface area contributed by atoms with E-state index in [2.05, 4.69) is 18.3 Å². The summed E-state index contributed by atoms with van der Waals surface area (Å²) in [6, 6.07) is 6.31. The Kier molecular flexibility index (Phi) is 6.00. The number of carbonyl (C=O) groups excluding carboxylic acids is 2. The first-order valence-corrected chi connectivity index (χ1v) is 6.08. The molecular formula is C15H15NO5. The molecule has 0 saturated heterocycles. The third-order valence-electron chi connectivity index (χ3n) is 2.48. The van der Waals surface area contributed by atoms with Gasteiger partial charge in [0.25, 0.3) is 0 Å². The van der Waals surface area contributed by atoms with E-state index < -0.39 is 11.9 Å². The average molecular weight is 289 g/mol. The molecule has 0 radical (unpaired) electrons. The van der Waals surface area contributed by atoms with E-state index in [4.69, 9.17) is 9.47 Å². The van der Waals surface area contributed by atoms with Crippen molar-refractivity contribution in [1.29, 1.82) is 0 Å². The summed E-state index contributed by atoms with van der Waals surface area (Å²) in [5.41, 5.74) is 0.770. The van der Waals surface area contributed by atoms with Gasteiger partial charge in [-0.15, -0.1) is 4.91 Å². The maximum Gasteiger partial charge on any atom is 0.333 e. The molecule has 6 nitrogen and oxygen atoms in total. The van der Waals surface area contributed by atoms with Crippen molar-refractivity contribution >= 4 is 17.6 Å². The Morgan fingerprint density at radius 2 is 1.67 bits per heavy atom. The Balaban J connectivity index is 2.61. The Labute approximate surface area is 122 Å². The van der Waals surface area contributed by atoms with Crippen molar-refractivity contribution in [1.82, 2.24) is 0 Å². The molecule has 6 heteroatoms.